The zero-order valence-corrected chi connectivity index (χ0v) is 15.6. The van der Waals surface area contributed by atoms with Gasteiger partial charge >= 0.3 is 0 Å². The Morgan fingerprint density at radius 1 is 1.35 bits per heavy atom. The van der Waals surface area contributed by atoms with E-state index in [0.717, 1.165) is 17.0 Å². The maximum absolute atomic E-state index is 12.5. The highest BCUT2D eigenvalue weighted by Crippen LogP contribution is 2.19. The molecule has 0 fully saturated rings. The van der Waals surface area contributed by atoms with Crippen molar-refractivity contribution < 1.29 is 9.53 Å². The Morgan fingerprint density at radius 2 is 2.15 bits per heavy atom. The van der Waals surface area contributed by atoms with E-state index in [4.69, 9.17) is 16.3 Å². The van der Waals surface area contributed by atoms with Crippen molar-refractivity contribution in [2.75, 3.05) is 12.4 Å². The number of amides is 1. The van der Waals surface area contributed by atoms with Crippen LogP contribution in [0.4, 0.5) is 5.69 Å². The number of anilines is 1. The molecule has 3 aromatic rings. The summed E-state index contributed by atoms with van der Waals surface area (Å²) in [6, 6.07) is 7.29. The molecule has 3 rings (SSSR count). The summed E-state index contributed by atoms with van der Waals surface area (Å²) in [4.78, 5) is 12.5. The Labute approximate surface area is 156 Å². The number of rotatable bonds is 6. The SMILES string of the molecule is COc1cccc(Cn2cc(NC(=O)C(C)n3ncc(Cl)c3C)cn2)c1. The topological polar surface area (TPSA) is 74.0 Å². The maximum Gasteiger partial charge on any atom is 0.249 e. The Morgan fingerprint density at radius 3 is 2.85 bits per heavy atom. The van der Waals surface area contributed by atoms with Crippen LogP contribution in [0.2, 0.25) is 5.02 Å². The number of nitrogens with zero attached hydrogens (tertiary/aromatic N) is 4. The standard InChI is InChI=1S/C18H20ClN5O2/c1-12-17(19)9-21-24(12)13(2)18(25)22-15-8-20-23(11-15)10-14-5-4-6-16(7-14)26-3/h4-9,11,13H,10H2,1-3H3,(H,22,25). The van der Waals surface area contributed by atoms with Crippen LogP contribution in [0.25, 0.3) is 0 Å². The van der Waals surface area contributed by atoms with Crippen LogP contribution in [0.15, 0.2) is 42.9 Å². The Bertz CT molecular complexity index is 918. The number of halogens is 1. The first-order chi connectivity index (χ1) is 12.5. The Hall–Kier alpha value is -2.80. The second-order valence-electron chi connectivity index (χ2n) is 5.97. The molecule has 8 heteroatoms. The summed E-state index contributed by atoms with van der Waals surface area (Å²) >= 11 is 6.00. The van der Waals surface area contributed by atoms with Crippen molar-refractivity contribution >= 4 is 23.2 Å². The second kappa shape index (κ2) is 7.61. The fourth-order valence-corrected chi connectivity index (χ4v) is 2.75. The molecule has 1 unspecified atom stereocenters. The summed E-state index contributed by atoms with van der Waals surface area (Å²) in [5, 5.41) is 11.8. The average molecular weight is 374 g/mol. The van der Waals surface area contributed by atoms with E-state index >= 15 is 0 Å². The molecule has 0 aliphatic carbocycles. The van der Waals surface area contributed by atoms with Gasteiger partial charge in [0.15, 0.2) is 0 Å². The summed E-state index contributed by atoms with van der Waals surface area (Å²) < 4.78 is 8.58. The third-order valence-corrected chi connectivity index (χ3v) is 4.48. The highest BCUT2D eigenvalue weighted by molar-refractivity contribution is 6.31. The van der Waals surface area contributed by atoms with Gasteiger partial charge in [0.2, 0.25) is 5.91 Å². The van der Waals surface area contributed by atoms with Crippen molar-refractivity contribution in [1.29, 1.82) is 0 Å². The first-order valence-corrected chi connectivity index (χ1v) is 8.51. The zero-order chi connectivity index (χ0) is 18.7. The lowest BCUT2D eigenvalue weighted by Crippen LogP contribution is -2.25. The van der Waals surface area contributed by atoms with Gasteiger partial charge in [0.05, 0.1) is 42.5 Å². The van der Waals surface area contributed by atoms with E-state index in [1.807, 2.05) is 31.2 Å². The molecule has 0 aliphatic heterocycles. The van der Waals surface area contributed by atoms with Crippen molar-refractivity contribution in [2.24, 2.45) is 0 Å². The van der Waals surface area contributed by atoms with Crippen molar-refractivity contribution in [3.63, 3.8) is 0 Å². The predicted octanol–water partition coefficient (Wildman–Crippen LogP) is 3.30. The van der Waals surface area contributed by atoms with Gasteiger partial charge in [0.25, 0.3) is 0 Å². The number of carbonyl (C=O) groups is 1. The summed E-state index contributed by atoms with van der Waals surface area (Å²) in [6.45, 7) is 4.17. The molecule has 1 aromatic carbocycles. The molecule has 136 valence electrons. The largest absolute Gasteiger partial charge is 0.497 e. The van der Waals surface area contributed by atoms with Crippen molar-refractivity contribution in [3.05, 3.63) is 59.1 Å². The molecule has 2 heterocycles. The van der Waals surface area contributed by atoms with Crippen molar-refractivity contribution in [3.8, 4) is 5.75 Å². The maximum atomic E-state index is 12.5. The van der Waals surface area contributed by atoms with Crippen LogP contribution in [0.1, 0.15) is 24.2 Å². The van der Waals surface area contributed by atoms with Crippen molar-refractivity contribution in [1.82, 2.24) is 19.6 Å². The molecule has 0 bridgehead atoms. The molecule has 1 amide bonds. The monoisotopic (exact) mass is 373 g/mol. The fourth-order valence-electron chi connectivity index (χ4n) is 2.62. The highest BCUT2D eigenvalue weighted by atomic mass is 35.5. The van der Waals surface area contributed by atoms with Gasteiger partial charge in [-0.3, -0.25) is 14.2 Å². The minimum absolute atomic E-state index is 0.186. The average Bonchev–Trinajstić information content (AvgIpc) is 3.21. The van der Waals surface area contributed by atoms with Gasteiger partial charge in [0, 0.05) is 6.20 Å². The van der Waals surface area contributed by atoms with E-state index in [-0.39, 0.29) is 5.91 Å². The Kier molecular flexibility index (Phi) is 5.27. The van der Waals surface area contributed by atoms with Crippen molar-refractivity contribution in [2.45, 2.75) is 26.4 Å². The molecule has 0 saturated heterocycles. The van der Waals surface area contributed by atoms with Crippen LogP contribution in [0.5, 0.6) is 5.75 Å². The van der Waals surface area contributed by atoms with Gasteiger partial charge in [-0.05, 0) is 31.5 Å². The van der Waals surface area contributed by atoms with E-state index in [9.17, 15) is 4.79 Å². The Balaban J connectivity index is 1.66. The van der Waals surface area contributed by atoms with E-state index in [0.29, 0.717) is 17.3 Å². The van der Waals surface area contributed by atoms with Gasteiger partial charge in [-0.25, -0.2) is 0 Å². The highest BCUT2D eigenvalue weighted by Gasteiger charge is 2.19. The molecule has 0 aliphatic rings. The third-order valence-electron chi connectivity index (χ3n) is 4.11. The number of ether oxygens (including phenoxy) is 1. The number of nitrogens with one attached hydrogen (secondary N) is 1. The first-order valence-electron chi connectivity index (χ1n) is 8.14. The second-order valence-corrected chi connectivity index (χ2v) is 6.37. The van der Waals surface area contributed by atoms with Crippen LogP contribution >= 0.6 is 11.6 Å². The molecular formula is C18H20ClN5O2. The minimum atomic E-state index is -0.482. The van der Waals surface area contributed by atoms with E-state index < -0.39 is 6.04 Å². The third kappa shape index (κ3) is 3.88. The van der Waals surface area contributed by atoms with Gasteiger partial charge in [-0.15, -0.1) is 0 Å². The quantitative estimate of drug-likeness (QED) is 0.719. The molecule has 1 atom stereocenters. The first kappa shape index (κ1) is 18.0. The smallest absolute Gasteiger partial charge is 0.249 e. The molecule has 26 heavy (non-hydrogen) atoms. The lowest BCUT2D eigenvalue weighted by molar-refractivity contribution is -0.119. The number of hydrogen-bond donors (Lipinski definition) is 1. The van der Waals surface area contributed by atoms with Gasteiger partial charge < -0.3 is 10.1 Å². The van der Waals surface area contributed by atoms with Crippen LogP contribution in [-0.2, 0) is 11.3 Å². The molecular weight excluding hydrogens is 354 g/mol. The molecule has 0 saturated carbocycles. The molecule has 0 spiro atoms. The summed E-state index contributed by atoms with van der Waals surface area (Å²) in [5.41, 5.74) is 2.43. The number of benzene rings is 1. The number of hydrogen-bond acceptors (Lipinski definition) is 4. The lowest BCUT2D eigenvalue weighted by Gasteiger charge is -2.13. The lowest BCUT2D eigenvalue weighted by atomic mass is 10.2. The molecule has 1 N–H and O–H groups in total. The minimum Gasteiger partial charge on any atom is -0.497 e. The molecule has 2 aromatic heterocycles. The molecule has 0 radical (unpaired) electrons. The van der Waals surface area contributed by atoms with Gasteiger partial charge in [-0.2, -0.15) is 10.2 Å². The zero-order valence-electron chi connectivity index (χ0n) is 14.8. The summed E-state index contributed by atoms with van der Waals surface area (Å²) in [7, 11) is 1.64. The van der Waals surface area contributed by atoms with Crippen LogP contribution in [0.3, 0.4) is 0 Å². The van der Waals surface area contributed by atoms with E-state index in [1.54, 1.807) is 35.8 Å². The van der Waals surface area contributed by atoms with Gasteiger partial charge in [-0.1, -0.05) is 23.7 Å². The number of carbonyl (C=O) groups excluding carboxylic acids is 1. The van der Waals surface area contributed by atoms with E-state index in [1.165, 1.54) is 6.20 Å². The van der Waals surface area contributed by atoms with Crippen LogP contribution < -0.4 is 10.1 Å². The molecule has 7 nitrogen and oxygen atoms in total. The fraction of sp³-hybridized carbons (Fsp3) is 0.278. The van der Waals surface area contributed by atoms with Gasteiger partial charge in [0.1, 0.15) is 11.8 Å². The summed E-state index contributed by atoms with van der Waals surface area (Å²) in [5.74, 6) is 0.610. The number of aromatic nitrogens is 4. The normalized spacial score (nSPS) is 12.0. The van der Waals surface area contributed by atoms with Crippen LogP contribution in [0, 0.1) is 6.92 Å². The van der Waals surface area contributed by atoms with E-state index in [2.05, 4.69) is 15.5 Å². The number of methoxy groups -OCH3 is 1. The van der Waals surface area contributed by atoms with Crippen LogP contribution in [-0.4, -0.2) is 32.6 Å². The summed E-state index contributed by atoms with van der Waals surface area (Å²) in [6.07, 6.45) is 4.94. The predicted molar refractivity (Wildman–Crippen MR) is 99.6 cm³/mol.